The van der Waals surface area contributed by atoms with Crippen LogP contribution < -0.4 is 0 Å². The van der Waals surface area contributed by atoms with Crippen LogP contribution in [0, 0.1) is 0 Å². The Balaban J connectivity index is 1.92. The van der Waals surface area contributed by atoms with Crippen LogP contribution in [-0.2, 0) is 17.8 Å². The molecule has 0 spiro atoms. The van der Waals surface area contributed by atoms with E-state index in [1.165, 1.54) is 4.90 Å². The van der Waals surface area contributed by atoms with Crippen LogP contribution in [0.3, 0.4) is 0 Å². The fraction of sp³-hybridized carbons (Fsp3) is 0.133. The molecule has 1 aliphatic heterocycles. The number of rotatable bonds is 2. The number of imide groups is 1. The van der Waals surface area contributed by atoms with Crippen LogP contribution >= 0.6 is 0 Å². The number of nitrogens with zero attached hydrogens (tertiary/aromatic N) is 2. The van der Waals surface area contributed by atoms with Crippen molar-refractivity contribution in [1.29, 1.82) is 0 Å². The molecule has 2 heterocycles. The number of aromatic nitrogens is 1. The average Bonchev–Trinajstić information content (AvgIpc) is 2.45. The van der Waals surface area contributed by atoms with Gasteiger partial charge in [0.15, 0.2) is 0 Å². The van der Waals surface area contributed by atoms with E-state index >= 15 is 0 Å². The Hall–Kier alpha value is -2.49. The minimum atomic E-state index is -0.226. The summed E-state index contributed by atoms with van der Waals surface area (Å²) in [6.45, 7) is 0.278. The van der Waals surface area contributed by atoms with Crippen molar-refractivity contribution in [1.82, 2.24) is 9.88 Å². The second-order valence-electron chi connectivity index (χ2n) is 4.48. The van der Waals surface area contributed by atoms with Crippen LogP contribution in [0.15, 0.2) is 48.8 Å². The van der Waals surface area contributed by atoms with E-state index in [0.717, 1.165) is 11.1 Å². The topological polar surface area (TPSA) is 50.3 Å². The van der Waals surface area contributed by atoms with Crippen molar-refractivity contribution < 1.29 is 9.59 Å². The quantitative estimate of drug-likeness (QED) is 0.766. The zero-order valence-electron chi connectivity index (χ0n) is 10.2. The summed E-state index contributed by atoms with van der Waals surface area (Å²) >= 11 is 0. The number of pyridine rings is 1. The lowest BCUT2D eigenvalue weighted by molar-refractivity contribution is -0.128. The normalized spacial score (nSPS) is 14.4. The van der Waals surface area contributed by atoms with Crippen LogP contribution in [-0.4, -0.2) is 21.7 Å². The smallest absolute Gasteiger partial charge is 0.261 e. The molecule has 0 unspecified atom stereocenters. The Morgan fingerprint density at radius 1 is 1.11 bits per heavy atom. The fourth-order valence-corrected chi connectivity index (χ4v) is 2.23. The summed E-state index contributed by atoms with van der Waals surface area (Å²) in [5, 5.41) is 0. The molecule has 2 amide bonds. The van der Waals surface area contributed by atoms with Gasteiger partial charge in [0, 0.05) is 18.0 Å². The van der Waals surface area contributed by atoms with Crippen LogP contribution in [0.5, 0.6) is 0 Å². The van der Waals surface area contributed by atoms with Gasteiger partial charge in [0.1, 0.15) is 0 Å². The zero-order chi connectivity index (χ0) is 13.2. The van der Waals surface area contributed by atoms with Crippen LogP contribution in [0.1, 0.15) is 21.5 Å². The highest BCUT2D eigenvalue weighted by molar-refractivity contribution is 6.09. The first-order valence-electron chi connectivity index (χ1n) is 6.07. The summed E-state index contributed by atoms with van der Waals surface area (Å²) in [7, 11) is 0. The van der Waals surface area contributed by atoms with Crippen molar-refractivity contribution >= 4 is 11.8 Å². The molecule has 4 nitrogen and oxygen atoms in total. The number of carbonyl (C=O) groups excluding carboxylic acids is 2. The lowest BCUT2D eigenvalue weighted by Gasteiger charge is -2.26. The highest BCUT2D eigenvalue weighted by Gasteiger charge is 2.30. The largest absolute Gasteiger partial charge is 0.274 e. The molecule has 0 aliphatic carbocycles. The van der Waals surface area contributed by atoms with E-state index < -0.39 is 0 Å². The maximum Gasteiger partial charge on any atom is 0.261 e. The summed E-state index contributed by atoms with van der Waals surface area (Å²) in [6.07, 6.45) is 3.61. The van der Waals surface area contributed by atoms with Crippen LogP contribution in [0.4, 0.5) is 0 Å². The second kappa shape index (κ2) is 4.65. The average molecular weight is 252 g/mol. The third kappa shape index (κ3) is 2.12. The SMILES string of the molecule is O=C1Cc2ccccc2C(=O)N1Cc1cccnc1. The Morgan fingerprint density at radius 3 is 2.74 bits per heavy atom. The number of amides is 2. The molecule has 3 rings (SSSR count). The minimum absolute atomic E-state index is 0.160. The first kappa shape index (κ1) is 11.6. The van der Waals surface area contributed by atoms with E-state index in [9.17, 15) is 9.59 Å². The molecule has 0 saturated carbocycles. The van der Waals surface area contributed by atoms with E-state index in [4.69, 9.17) is 0 Å². The molecule has 4 heteroatoms. The third-order valence-corrected chi connectivity index (χ3v) is 3.20. The Morgan fingerprint density at radius 2 is 1.95 bits per heavy atom. The highest BCUT2D eigenvalue weighted by atomic mass is 16.2. The molecular formula is C15H12N2O2. The monoisotopic (exact) mass is 252 g/mol. The molecule has 0 N–H and O–H groups in total. The van der Waals surface area contributed by atoms with Gasteiger partial charge in [-0.2, -0.15) is 0 Å². The van der Waals surface area contributed by atoms with Crippen LogP contribution in [0.2, 0.25) is 0 Å². The predicted octanol–water partition coefficient (Wildman–Crippen LogP) is 1.81. The van der Waals surface area contributed by atoms with Gasteiger partial charge >= 0.3 is 0 Å². The standard InChI is InChI=1S/C15H12N2O2/c18-14-8-12-5-1-2-6-13(12)15(19)17(14)10-11-4-3-7-16-9-11/h1-7,9H,8,10H2. The van der Waals surface area contributed by atoms with Crippen molar-refractivity contribution in [3.8, 4) is 0 Å². The van der Waals surface area contributed by atoms with Gasteiger partial charge in [-0.15, -0.1) is 0 Å². The second-order valence-corrected chi connectivity index (χ2v) is 4.48. The van der Waals surface area contributed by atoms with Crippen molar-refractivity contribution in [3.63, 3.8) is 0 Å². The van der Waals surface area contributed by atoms with Crippen molar-refractivity contribution in [2.24, 2.45) is 0 Å². The van der Waals surface area contributed by atoms with Gasteiger partial charge in [0.05, 0.1) is 13.0 Å². The van der Waals surface area contributed by atoms with Gasteiger partial charge in [-0.25, -0.2) is 0 Å². The number of hydrogen-bond acceptors (Lipinski definition) is 3. The third-order valence-electron chi connectivity index (χ3n) is 3.20. The first-order chi connectivity index (χ1) is 9.25. The molecule has 0 radical (unpaired) electrons. The van der Waals surface area contributed by atoms with Gasteiger partial charge in [-0.1, -0.05) is 24.3 Å². The summed E-state index contributed by atoms with van der Waals surface area (Å²) in [6, 6.07) is 10.9. The van der Waals surface area contributed by atoms with Gasteiger partial charge in [-0.3, -0.25) is 19.5 Å². The number of hydrogen-bond donors (Lipinski definition) is 0. The molecule has 0 atom stereocenters. The molecule has 0 saturated heterocycles. The van der Waals surface area contributed by atoms with E-state index in [-0.39, 0.29) is 24.8 Å². The van der Waals surface area contributed by atoms with Gasteiger partial charge in [0.2, 0.25) is 5.91 Å². The van der Waals surface area contributed by atoms with Crippen molar-refractivity contribution in [2.45, 2.75) is 13.0 Å². The van der Waals surface area contributed by atoms with Gasteiger partial charge < -0.3 is 0 Å². The molecule has 94 valence electrons. The van der Waals surface area contributed by atoms with Gasteiger partial charge in [0.25, 0.3) is 5.91 Å². The van der Waals surface area contributed by atoms with Crippen molar-refractivity contribution in [3.05, 3.63) is 65.5 Å². The van der Waals surface area contributed by atoms with E-state index in [1.54, 1.807) is 24.5 Å². The maximum absolute atomic E-state index is 12.3. The predicted molar refractivity (Wildman–Crippen MR) is 69.3 cm³/mol. The Labute approximate surface area is 110 Å². The molecule has 0 fully saturated rings. The van der Waals surface area contributed by atoms with Gasteiger partial charge in [-0.05, 0) is 23.3 Å². The molecule has 1 aromatic heterocycles. The highest BCUT2D eigenvalue weighted by Crippen LogP contribution is 2.21. The van der Waals surface area contributed by atoms with Crippen molar-refractivity contribution in [2.75, 3.05) is 0 Å². The summed E-state index contributed by atoms with van der Waals surface area (Å²) < 4.78 is 0. The lowest BCUT2D eigenvalue weighted by Crippen LogP contribution is -2.41. The number of carbonyl (C=O) groups is 2. The summed E-state index contributed by atoms with van der Waals surface area (Å²) in [5.74, 6) is -0.386. The summed E-state index contributed by atoms with van der Waals surface area (Å²) in [5.41, 5.74) is 2.27. The minimum Gasteiger partial charge on any atom is -0.274 e. The molecule has 1 aliphatic rings. The molecule has 2 aromatic rings. The molecule has 0 bridgehead atoms. The number of fused-ring (bicyclic) bond motifs is 1. The zero-order valence-corrected chi connectivity index (χ0v) is 10.2. The molecule has 1 aromatic carbocycles. The Bertz CT molecular complexity index is 638. The van der Waals surface area contributed by atoms with Crippen LogP contribution in [0.25, 0.3) is 0 Å². The lowest BCUT2D eigenvalue weighted by atomic mass is 9.98. The van der Waals surface area contributed by atoms with E-state index in [0.29, 0.717) is 5.56 Å². The molecule has 19 heavy (non-hydrogen) atoms. The van der Waals surface area contributed by atoms with E-state index in [2.05, 4.69) is 4.98 Å². The number of benzene rings is 1. The fourth-order valence-electron chi connectivity index (χ4n) is 2.23. The first-order valence-corrected chi connectivity index (χ1v) is 6.07. The van der Waals surface area contributed by atoms with E-state index in [1.807, 2.05) is 24.3 Å². The Kier molecular flexibility index (Phi) is 2.83. The molecular weight excluding hydrogens is 240 g/mol. The maximum atomic E-state index is 12.3. The summed E-state index contributed by atoms with van der Waals surface area (Å²) in [4.78, 5) is 29.7.